The zero-order valence-corrected chi connectivity index (χ0v) is 18.8. The van der Waals surface area contributed by atoms with E-state index in [1.54, 1.807) is 0 Å². The van der Waals surface area contributed by atoms with Gasteiger partial charge in [-0.05, 0) is 63.0 Å². The van der Waals surface area contributed by atoms with Crippen LogP contribution in [0.3, 0.4) is 0 Å². The highest BCUT2D eigenvalue weighted by molar-refractivity contribution is 5.48. The maximum absolute atomic E-state index is 4.42. The highest BCUT2D eigenvalue weighted by Crippen LogP contribution is 2.45. The predicted molar refractivity (Wildman–Crippen MR) is 118 cm³/mol. The van der Waals surface area contributed by atoms with E-state index in [0.29, 0.717) is 11.3 Å². The number of allylic oxidation sites excluding steroid dienone is 5. The van der Waals surface area contributed by atoms with Gasteiger partial charge in [-0.2, -0.15) is 0 Å². The highest BCUT2D eigenvalue weighted by Gasteiger charge is 2.45. The van der Waals surface area contributed by atoms with Crippen LogP contribution in [0.15, 0.2) is 47.2 Å². The zero-order chi connectivity index (χ0) is 20.0. The molecule has 1 aliphatic rings. The summed E-state index contributed by atoms with van der Waals surface area (Å²) in [7, 11) is 0. The molecule has 1 N–H and O–H groups in total. The molecule has 0 amide bonds. The summed E-state index contributed by atoms with van der Waals surface area (Å²) < 4.78 is 0. The van der Waals surface area contributed by atoms with Crippen LogP contribution in [0.5, 0.6) is 0 Å². The summed E-state index contributed by atoms with van der Waals surface area (Å²) in [6.07, 6.45) is 14.2. The Hall–Kier alpha value is -1.24. The van der Waals surface area contributed by atoms with E-state index in [9.17, 15) is 0 Å². The van der Waals surface area contributed by atoms with Gasteiger partial charge in [-0.25, -0.2) is 0 Å². The van der Waals surface area contributed by atoms with E-state index >= 15 is 0 Å². The lowest BCUT2D eigenvalue weighted by Crippen LogP contribution is -2.44. The number of hydrogen-bond donors (Lipinski definition) is 1. The molecular formula is C25H43N. The first kappa shape index (κ1) is 22.8. The molecule has 2 atom stereocenters. The van der Waals surface area contributed by atoms with Crippen LogP contribution in [0.1, 0.15) is 93.9 Å². The number of nitrogens with one attached hydrogen (secondary N) is 1. The van der Waals surface area contributed by atoms with E-state index < -0.39 is 0 Å². The third kappa shape index (κ3) is 5.89. The highest BCUT2D eigenvalue weighted by atomic mass is 15.0. The van der Waals surface area contributed by atoms with Crippen LogP contribution in [-0.2, 0) is 0 Å². The Morgan fingerprint density at radius 1 is 1.19 bits per heavy atom. The maximum atomic E-state index is 4.42. The first-order valence-corrected chi connectivity index (χ1v) is 10.6. The largest absolute Gasteiger partial charge is 0.379 e. The molecule has 0 aromatic carbocycles. The van der Waals surface area contributed by atoms with E-state index in [1.165, 1.54) is 48.8 Å². The van der Waals surface area contributed by atoms with Gasteiger partial charge in [0.15, 0.2) is 0 Å². The van der Waals surface area contributed by atoms with Crippen molar-refractivity contribution >= 4 is 0 Å². The molecule has 0 bridgehead atoms. The van der Waals surface area contributed by atoms with Crippen molar-refractivity contribution in [1.29, 1.82) is 0 Å². The van der Waals surface area contributed by atoms with Crippen molar-refractivity contribution in [2.24, 2.45) is 11.3 Å². The van der Waals surface area contributed by atoms with Crippen molar-refractivity contribution < 1.29 is 0 Å². The summed E-state index contributed by atoms with van der Waals surface area (Å²) in [5.74, 6) is 0.417. The smallest absolute Gasteiger partial charge is 0.0477 e. The van der Waals surface area contributed by atoms with Crippen LogP contribution in [-0.4, -0.2) is 5.54 Å². The zero-order valence-electron chi connectivity index (χ0n) is 18.8. The third-order valence-electron chi connectivity index (χ3n) is 5.71. The topological polar surface area (TPSA) is 12.0 Å². The lowest BCUT2D eigenvalue weighted by molar-refractivity contribution is 0.254. The van der Waals surface area contributed by atoms with Gasteiger partial charge in [0.1, 0.15) is 0 Å². The molecule has 2 unspecified atom stereocenters. The van der Waals surface area contributed by atoms with Gasteiger partial charge in [-0.15, -0.1) is 0 Å². The minimum absolute atomic E-state index is 0.119. The van der Waals surface area contributed by atoms with Crippen molar-refractivity contribution in [3.8, 4) is 0 Å². The van der Waals surface area contributed by atoms with Crippen LogP contribution in [0, 0.1) is 11.3 Å². The van der Waals surface area contributed by atoms with Crippen molar-refractivity contribution in [2.45, 2.75) is 99.5 Å². The molecule has 1 heteroatoms. The second-order valence-electron chi connectivity index (χ2n) is 9.37. The summed E-state index contributed by atoms with van der Waals surface area (Å²) in [5, 5.41) is 3.88. The van der Waals surface area contributed by atoms with Crippen LogP contribution < -0.4 is 5.32 Å². The molecular weight excluding hydrogens is 314 g/mol. The minimum Gasteiger partial charge on any atom is -0.379 e. The monoisotopic (exact) mass is 357 g/mol. The normalized spacial score (nSPS) is 26.5. The molecule has 0 saturated carbocycles. The summed E-state index contributed by atoms with van der Waals surface area (Å²) >= 11 is 0. The maximum Gasteiger partial charge on any atom is 0.0477 e. The molecule has 1 heterocycles. The van der Waals surface area contributed by atoms with Crippen molar-refractivity contribution in [2.75, 3.05) is 0 Å². The first-order chi connectivity index (χ1) is 12.1. The quantitative estimate of drug-likeness (QED) is 0.438. The summed E-state index contributed by atoms with van der Waals surface area (Å²) in [6.45, 7) is 22.6. The van der Waals surface area contributed by atoms with Gasteiger partial charge in [0, 0.05) is 17.2 Å². The Balaban J connectivity index is 3.29. The Kier molecular flexibility index (Phi) is 8.44. The van der Waals surface area contributed by atoms with Gasteiger partial charge >= 0.3 is 0 Å². The molecule has 26 heavy (non-hydrogen) atoms. The second kappa shape index (κ2) is 9.62. The van der Waals surface area contributed by atoms with E-state index in [1.807, 2.05) is 0 Å². The molecule has 1 fully saturated rings. The average Bonchev–Trinajstić information content (AvgIpc) is 2.78. The van der Waals surface area contributed by atoms with Gasteiger partial charge in [-0.1, -0.05) is 77.8 Å². The average molecular weight is 358 g/mol. The van der Waals surface area contributed by atoms with Gasteiger partial charge < -0.3 is 5.32 Å². The lowest BCUT2D eigenvalue weighted by Gasteiger charge is -2.35. The molecule has 0 aromatic rings. The van der Waals surface area contributed by atoms with E-state index in [0.717, 1.165) is 12.1 Å². The molecule has 1 saturated heterocycles. The summed E-state index contributed by atoms with van der Waals surface area (Å²) in [6, 6.07) is 0. The summed E-state index contributed by atoms with van der Waals surface area (Å²) in [4.78, 5) is 0. The first-order valence-electron chi connectivity index (χ1n) is 10.6. The van der Waals surface area contributed by atoms with Crippen molar-refractivity contribution in [1.82, 2.24) is 5.32 Å². The Labute approximate surface area is 163 Å². The number of rotatable bonds is 8. The van der Waals surface area contributed by atoms with Gasteiger partial charge in [0.05, 0.1) is 0 Å². The molecule has 1 nitrogen and oxygen atoms in total. The van der Waals surface area contributed by atoms with Crippen molar-refractivity contribution in [3.05, 3.63) is 47.2 Å². The Morgan fingerprint density at radius 2 is 1.85 bits per heavy atom. The predicted octanol–water partition coefficient (Wildman–Crippen LogP) is 7.72. The van der Waals surface area contributed by atoms with E-state index in [-0.39, 0.29) is 5.54 Å². The van der Waals surface area contributed by atoms with E-state index in [2.05, 4.69) is 85.5 Å². The molecule has 1 aliphatic heterocycles. The van der Waals surface area contributed by atoms with E-state index in [4.69, 9.17) is 0 Å². The van der Waals surface area contributed by atoms with Crippen LogP contribution >= 0.6 is 0 Å². The fraction of sp³-hybridized carbons (Fsp3) is 0.680. The number of hydrogen-bond acceptors (Lipinski definition) is 1. The fourth-order valence-corrected chi connectivity index (χ4v) is 4.36. The molecule has 0 aliphatic carbocycles. The lowest BCUT2D eigenvalue weighted by atomic mass is 9.74. The third-order valence-corrected chi connectivity index (χ3v) is 5.71. The SMILES string of the molecule is C=C1NC(CCC)(CCCC(C)(C)C)C(/C=C\C)/C1=C(C)\C=C(/C)CC. The molecule has 1 rings (SSSR count). The van der Waals surface area contributed by atoms with Crippen molar-refractivity contribution in [3.63, 3.8) is 0 Å². The standard InChI is InChI=1S/C25H43N/c1-10-14-22-23(20(5)18-19(4)12-3)21(6)26-25(22,15-11-2)17-13-16-24(7,8)9/h10,14,18,22,26H,6,11-13,15-17H2,1-5,7-9H3/b14-10-,19-18+,23-20-. The van der Waals surface area contributed by atoms with Crippen LogP contribution in [0.2, 0.25) is 0 Å². The van der Waals surface area contributed by atoms with Crippen LogP contribution in [0.4, 0.5) is 0 Å². The van der Waals surface area contributed by atoms with Gasteiger partial charge in [0.25, 0.3) is 0 Å². The Bertz CT molecular complexity index is 567. The molecule has 148 valence electrons. The van der Waals surface area contributed by atoms with Crippen LogP contribution in [0.25, 0.3) is 0 Å². The molecule has 0 aromatic heterocycles. The summed E-state index contributed by atoms with van der Waals surface area (Å²) in [5.41, 5.74) is 5.87. The molecule has 0 spiro atoms. The second-order valence-corrected chi connectivity index (χ2v) is 9.37. The fourth-order valence-electron chi connectivity index (χ4n) is 4.36. The molecule has 0 radical (unpaired) electrons. The van der Waals surface area contributed by atoms with Gasteiger partial charge in [0.2, 0.25) is 0 Å². The minimum atomic E-state index is 0.119. The Morgan fingerprint density at radius 3 is 2.35 bits per heavy atom. The van der Waals surface area contributed by atoms with Gasteiger partial charge in [-0.3, -0.25) is 0 Å².